The predicted octanol–water partition coefficient (Wildman–Crippen LogP) is 4.57. The summed E-state index contributed by atoms with van der Waals surface area (Å²) in [5, 5.41) is 27.1. The predicted molar refractivity (Wildman–Crippen MR) is 163 cm³/mol. The van der Waals surface area contributed by atoms with Crippen molar-refractivity contribution < 1.29 is 34.1 Å². The first kappa shape index (κ1) is 32.8. The number of benzene rings is 2. The van der Waals surface area contributed by atoms with E-state index in [9.17, 15) is 24.6 Å². The number of amides is 1. The lowest BCUT2D eigenvalue weighted by molar-refractivity contribution is -0.147. The third kappa shape index (κ3) is 8.29. The van der Waals surface area contributed by atoms with Gasteiger partial charge in [-0.25, -0.2) is 14.5 Å². The summed E-state index contributed by atoms with van der Waals surface area (Å²) in [6.07, 6.45) is 4.83. The van der Waals surface area contributed by atoms with Crippen LogP contribution >= 0.6 is 0 Å². The number of hydrogen-bond acceptors (Lipinski definition) is 7. The number of methoxy groups -OCH3 is 1. The number of carbonyl (C=O) groups is 3. The Balaban J connectivity index is 1.43. The Morgan fingerprint density at radius 1 is 1.05 bits per heavy atom. The molecular formula is C33H42N4O7. The summed E-state index contributed by atoms with van der Waals surface area (Å²) in [5.74, 6) is -1.57. The van der Waals surface area contributed by atoms with Crippen LogP contribution in [-0.4, -0.2) is 69.8 Å². The maximum absolute atomic E-state index is 13.5. The second-order valence-electron chi connectivity index (χ2n) is 11.4. The molecule has 1 fully saturated rings. The first-order valence-electron chi connectivity index (χ1n) is 15.2. The third-order valence-corrected chi connectivity index (χ3v) is 8.21. The summed E-state index contributed by atoms with van der Waals surface area (Å²) < 4.78 is 12.3. The van der Waals surface area contributed by atoms with Gasteiger partial charge in [0.15, 0.2) is 5.82 Å². The van der Waals surface area contributed by atoms with E-state index in [2.05, 4.69) is 12.2 Å². The zero-order valence-electron chi connectivity index (χ0n) is 25.5. The van der Waals surface area contributed by atoms with Crippen LogP contribution in [0.5, 0.6) is 0 Å². The molecular weight excluding hydrogens is 564 g/mol. The Morgan fingerprint density at radius 2 is 1.77 bits per heavy atom. The molecule has 44 heavy (non-hydrogen) atoms. The van der Waals surface area contributed by atoms with E-state index < -0.39 is 23.3 Å². The van der Waals surface area contributed by atoms with Gasteiger partial charge in [0.25, 0.3) is 0 Å². The van der Waals surface area contributed by atoms with Gasteiger partial charge < -0.3 is 25.0 Å². The van der Waals surface area contributed by atoms with Crippen LogP contribution in [0.2, 0.25) is 0 Å². The highest BCUT2D eigenvalue weighted by molar-refractivity contribution is 5.96. The number of carboxylic acids is 2. The van der Waals surface area contributed by atoms with Gasteiger partial charge in [-0.3, -0.25) is 9.59 Å². The molecule has 3 aromatic rings. The first-order chi connectivity index (χ1) is 21.3. The van der Waals surface area contributed by atoms with Crippen LogP contribution in [0.25, 0.3) is 11.1 Å². The third-order valence-electron chi connectivity index (χ3n) is 8.21. The van der Waals surface area contributed by atoms with Gasteiger partial charge >= 0.3 is 11.9 Å². The van der Waals surface area contributed by atoms with Gasteiger partial charge in [0.05, 0.1) is 49.8 Å². The number of nitrogens with one attached hydrogen (secondary N) is 1. The lowest BCUT2D eigenvalue weighted by Crippen LogP contribution is -2.42. The highest BCUT2D eigenvalue weighted by atomic mass is 16.5. The van der Waals surface area contributed by atoms with E-state index in [0.29, 0.717) is 44.0 Å². The Morgan fingerprint density at radius 3 is 2.43 bits per heavy atom. The molecule has 1 aliphatic rings. The molecule has 0 radical (unpaired) electrons. The van der Waals surface area contributed by atoms with E-state index in [1.165, 1.54) is 0 Å². The number of aromatic carboxylic acids is 1. The number of rotatable bonds is 17. The van der Waals surface area contributed by atoms with Gasteiger partial charge in [-0.2, -0.15) is 5.10 Å². The summed E-state index contributed by atoms with van der Waals surface area (Å²) in [6, 6.07) is 14.6. The fraction of sp³-hybridized carbons (Fsp3) is 0.485. The van der Waals surface area contributed by atoms with Crippen molar-refractivity contribution in [3.8, 4) is 11.1 Å². The molecule has 11 heteroatoms. The molecule has 1 saturated carbocycles. The van der Waals surface area contributed by atoms with Crippen molar-refractivity contribution in [3.05, 3.63) is 71.3 Å². The van der Waals surface area contributed by atoms with Crippen molar-refractivity contribution in [2.75, 3.05) is 26.9 Å². The van der Waals surface area contributed by atoms with Crippen molar-refractivity contribution in [2.45, 2.75) is 65.0 Å². The maximum Gasteiger partial charge on any atom is 0.336 e. The summed E-state index contributed by atoms with van der Waals surface area (Å²) in [6.45, 7) is 3.41. The fourth-order valence-corrected chi connectivity index (χ4v) is 5.90. The lowest BCUT2D eigenvalue weighted by Gasteiger charge is -2.30. The Labute approximate surface area is 257 Å². The zero-order chi connectivity index (χ0) is 31.5. The number of aliphatic carboxylic acids is 1. The number of hydrogen-bond donors (Lipinski definition) is 3. The van der Waals surface area contributed by atoms with Crippen LogP contribution in [0, 0.1) is 11.3 Å². The van der Waals surface area contributed by atoms with Crippen molar-refractivity contribution in [2.24, 2.45) is 11.3 Å². The highest BCUT2D eigenvalue weighted by Gasteiger charge is 2.44. The monoisotopic (exact) mass is 606 g/mol. The Kier molecular flexibility index (Phi) is 11.6. The van der Waals surface area contributed by atoms with Crippen molar-refractivity contribution in [3.63, 3.8) is 0 Å². The molecule has 1 heterocycles. The molecule has 1 aromatic heterocycles. The molecule has 1 amide bonds. The van der Waals surface area contributed by atoms with Gasteiger partial charge in [-0.1, -0.05) is 62.2 Å². The van der Waals surface area contributed by atoms with E-state index in [-0.39, 0.29) is 31.0 Å². The maximum atomic E-state index is 13.5. The fourth-order valence-electron chi connectivity index (χ4n) is 5.90. The van der Waals surface area contributed by atoms with Crippen LogP contribution in [0.15, 0.2) is 48.5 Å². The lowest BCUT2D eigenvalue weighted by atomic mass is 9.77. The van der Waals surface area contributed by atoms with Crippen molar-refractivity contribution in [1.82, 2.24) is 20.1 Å². The minimum Gasteiger partial charge on any atom is -0.481 e. The molecule has 1 atom stereocenters. The van der Waals surface area contributed by atoms with Crippen LogP contribution in [0.4, 0.5) is 0 Å². The average Bonchev–Trinajstić information content (AvgIpc) is 3.65. The largest absolute Gasteiger partial charge is 0.481 e. The van der Waals surface area contributed by atoms with Crippen LogP contribution in [0.3, 0.4) is 0 Å². The van der Waals surface area contributed by atoms with E-state index in [1.54, 1.807) is 25.3 Å². The Bertz CT molecular complexity index is 1410. The van der Waals surface area contributed by atoms with Gasteiger partial charge in [0.2, 0.25) is 5.91 Å². The Hall–Kier alpha value is -4.09. The standard InChI is InChI=1S/C33H42N4O7/c1-3-8-29-35-28(20-34-32(42)33(15-6-7-16-33)19-25(30(38)39)22-44-18-17-43-2)36-37(29)21-23-11-13-24(14-12-23)26-9-4-5-10-27(26)31(40)41/h4-5,9-14,25H,3,6-8,15-22H2,1-2H3,(H,34,42)(H,38,39)(H,40,41). The molecule has 236 valence electrons. The molecule has 1 unspecified atom stereocenters. The summed E-state index contributed by atoms with van der Waals surface area (Å²) >= 11 is 0. The van der Waals surface area contributed by atoms with Crippen molar-refractivity contribution >= 4 is 17.8 Å². The topological polar surface area (TPSA) is 153 Å². The molecule has 4 rings (SSSR count). The summed E-state index contributed by atoms with van der Waals surface area (Å²) in [7, 11) is 1.56. The number of aromatic nitrogens is 3. The number of carbonyl (C=O) groups excluding carboxylic acids is 1. The molecule has 11 nitrogen and oxygen atoms in total. The normalized spacial score (nSPS) is 14.8. The molecule has 1 aliphatic carbocycles. The highest BCUT2D eigenvalue weighted by Crippen LogP contribution is 2.43. The number of aryl methyl sites for hydroxylation is 1. The van der Waals surface area contributed by atoms with E-state index in [0.717, 1.165) is 42.6 Å². The molecule has 0 aliphatic heterocycles. The van der Waals surface area contributed by atoms with E-state index in [4.69, 9.17) is 19.6 Å². The van der Waals surface area contributed by atoms with Crippen LogP contribution in [0.1, 0.15) is 73.0 Å². The molecule has 3 N–H and O–H groups in total. The quantitative estimate of drug-likeness (QED) is 0.188. The van der Waals surface area contributed by atoms with Gasteiger partial charge in [-0.05, 0) is 48.4 Å². The smallest absolute Gasteiger partial charge is 0.336 e. The number of carboxylic acid groups (broad SMARTS) is 2. The van der Waals surface area contributed by atoms with E-state index >= 15 is 0 Å². The molecule has 0 spiro atoms. The average molecular weight is 607 g/mol. The van der Waals surface area contributed by atoms with E-state index in [1.807, 2.05) is 35.0 Å². The van der Waals surface area contributed by atoms with Gasteiger partial charge in [0.1, 0.15) is 5.82 Å². The van der Waals surface area contributed by atoms with Gasteiger partial charge in [0, 0.05) is 13.5 Å². The SMILES string of the molecule is CCCc1nc(CNC(=O)C2(CC(COCCOC)C(=O)O)CCCC2)nn1Cc1ccc(-c2ccccc2C(=O)O)cc1. The van der Waals surface area contributed by atoms with Crippen LogP contribution < -0.4 is 5.32 Å². The molecule has 2 aromatic carbocycles. The molecule has 0 bridgehead atoms. The summed E-state index contributed by atoms with van der Waals surface area (Å²) in [5.41, 5.74) is 1.95. The van der Waals surface area contributed by atoms with Gasteiger partial charge in [-0.15, -0.1) is 0 Å². The van der Waals surface area contributed by atoms with Crippen LogP contribution in [-0.2, 0) is 38.6 Å². The molecule has 0 saturated heterocycles. The number of ether oxygens (including phenoxy) is 2. The minimum atomic E-state index is -0.969. The minimum absolute atomic E-state index is 0.0348. The zero-order valence-corrected chi connectivity index (χ0v) is 25.5. The number of nitrogens with zero attached hydrogens (tertiary/aromatic N) is 3. The second kappa shape index (κ2) is 15.6. The summed E-state index contributed by atoms with van der Waals surface area (Å²) in [4.78, 5) is 41.9. The second-order valence-corrected chi connectivity index (χ2v) is 11.4. The first-order valence-corrected chi connectivity index (χ1v) is 15.2. The van der Waals surface area contributed by atoms with Crippen molar-refractivity contribution in [1.29, 1.82) is 0 Å².